The Bertz CT molecular complexity index is 1020. The Labute approximate surface area is 198 Å². The van der Waals surface area contributed by atoms with Gasteiger partial charge in [0, 0.05) is 19.5 Å². The number of nitrogens with zero attached hydrogens (tertiary/aromatic N) is 1. The average Bonchev–Trinajstić information content (AvgIpc) is 3.18. The van der Waals surface area contributed by atoms with E-state index in [1.165, 1.54) is 7.05 Å². The summed E-state index contributed by atoms with van der Waals surface area (Å²) in [5, 5.41) is 12.6. The number of carboxylic acid groups (broad SMARTS) is 1. The number of benzene rings is 2. The van der Waals surface area contributed by atoms with Gasteiger partial charge in [0.25, 0.3) is 5.91 Å². The molecule has 0 bridgehead atoms. The van der Waals surface area contributed by atoms with Crippen LogP contribution >= 0.6 is 0 Å². The SMILES string of the molecule is CN(OCC(=O)O)C(=O)C1(CNC(=O)OCC2c3ccccc3-c3ccccc32)CCCCC1. The Kier molecular flexibility index (Phi) is 7.17. The molecule has 0 atom stereocenters. The Morgan fingerprint density at radius 2 is 1.59 bits per heavy atom. The van der Waals surface area contributed by atoms with Crippen LogP contribution in [0.3, 0.4) is 0 Å². The molecule has 0 saturated heterocycles. The van der Waals surface area contributed by atoms with Crippen molar-refractivity contribution in [1.29, 1.82) is 0 Å². The molecule has 8 nitrogen and oxygen atoms in total. The lowest BCUT2D eigenvalue weighted by molar-refractivity contribution is -0.195. The number of hydrogen-bond donors (Lipinski definition) is 2. The summed E-state index contributed by atoms with van der Waals surface area (Å²) in [6.07, 6.45) is 3.33. The van der Waals surface area contributed by atoms with Crippen LogP contribution in [-0.4, -0.2) is 54.9 Å². The molecule has 2 aromatic rings. The van der Waals surface area contributed by atoms with Gasteiger partial charge in [-0.3, -0.25) is 9.63 Å². The van der Waals surface area contributed by atoms with Gasteiger partial charge in [-0.2, -0.15) is 0 Å². The minimum absolute atomic E-state index is 0.0426. The molecule has 2 amide bonds. The zero-order valence-corrected chi connectivity index (χ0v) is 19.3. The molecule has 34 heavy (non-hydrogen) atoms. The van der Waals surface area contributed by atoms with Crippen LogP contribution < -0.4 is 5.32 Å². The summed E-state index contributed by atoms with van der Waals surface area (Å²) in [5.41, 5.74) is 3.74. The molecule has 4 rings (SSSR count). The standard InChI is InChI=1S/C26H30N2O6/c1-28(34-16-23(29)30)24(31)26(13-7-2-8-14-26)17-27-25(32)33-15-22-20-11-5-3-9-18(20)19-10-4-6-12-21(19)22/h3-6,9-12,22H,2,7-8,13-17H2,1H3,(H,27,32)(H,29,30). The maximum absolute atomic E-state index is 13.1. The molecule has 0 heterocycles. The molecule has 2 aliphatic rings. The van der Waals surface area contributed by atoms with Crippen LogP contribution in [0.5, 0.6) is 0 Å². The van der Waals surface area contributed by atoms with E-state index >= 15 is 0 Å². The molecule has 2 aromatic carbocycles. The van der Waals surface area contributed by atoms with Crippen LogP contribution in [0, 0.1) is 5.41 Å². The molecule has 8 heteroatoms. The van der Waals surface area contributed by atoms with Crippen LogP contribution in [-0.2, 0) is 19.2 Å². The van der Waals surface area contributed by atoms with Crippen molar-refractivity contribution in [1.82, 2.24) is 10.4 Å². The molecular weight excluding hydrogens is 436 g/mol. The van der Waals surface area contributed by atoms with Gasteiger partial charge in [-0.1, -0.05) is 67.8 Å². The minimum atomic E-state index is -1.16. The number of carbonyl (C=O) groups is 3. The normalized spacial score (nSPS) is 16.3. The van der Waals surface area contributed by atoms with E-state index in [-0.39, 0.29) is 25.0 Å². The second-order valence-electron chi connectivity index (χ2n) is 8.99. The fraction of sp³-hybridized carbons (Fsp3) is 0.423. The molecule has 0 aromatic heterocycles. The number of fused-ring (bicyclic) bond motifs is 3. The summed E-state index contributed by atoms with van der Waals surface area (Å²) in [6.45, 7) is -0.288. The van der Waals surface area contributed by atoms with Gasteiger partial charge in [-0.05, 0) is 35.1 Å². The van der Waals surface area contributed by atoms with Crippen molar-refractivity contribution in [2.75, 3.05) is 26.8 Å². The first kappa shape index (κ1) is 23.8. The molecule has 0 aliphatic heterocycles. The highest BCUT2D eigenvalue weighted by Gasteiger charge is 2.42. The molecule has 2 N–H and O–H groups in total. The Morgan fingerprint density at radius 1 is 1.00 bits per heavy atom. The summed E-state index contributed by atoms with van der Waals surface area (Å²) in [4.78, 5) is 41.6. The number of hydroxylamine groups is 2. The molecule has 180 valence electrons. The molecule has 1 saturated carbocycles. The van der Waals surface area contributed by atoms with Crippen LogP contribution in [0.1, 0.15) is 49.1 Å². The first-order valence-corrected chi connectivity index (χ1v) is 11.6. The molecule has 1 fully saturated rings. The van der Waals surface area contributed by atoms with Gasteiger partial charge in [0.2, 0.25) is 0 Å². The first-order chi connectivity index (χ1) is 16.4. The topological polar surface area (TPSA) is 105 Å². The zero-order valence-electron chi connectivity index (χ0n) is 19.3. The minimum Gasteiger partial charge on any atom is -0.479 e. The van der Waals surface area contributed by atoms with Crippen LogP contribution in [0.15, 0.2) is 48.5 Å². The van der Waals surface area contributed by atoms with E-state index in [1.807, 2.05) is 24.3 Å². The smallest absolute Gasteiger partial charge is 0.407 e. The number of alkyl carbamates (subject to hydrolysis) is 1. The third kappa shape index (κ3) is 4.92. The summed E-state index contributed by atoms with van der Waals surface area (Å²) in [7, 11) is 1.41. The fourth-order valence-corrected chi connectivity index (χ4v) is 5.13. The van der Waals surface area contributed by atoms with Gasteiger partial charge in [-0.15, -0.1) is 0 Å². The zero-order chi connectivity index (χ0) is 24.1. The molecular formula is C26H30N2O6. The van der Waals surface area contributed by atoms with Gasteiger partial charge < -0.3 is 15.2 Å². The largest absolute Gasteiger partial charge is 0.479 e. The summed E-state index contributed by atoms with van der Waals surface area (Å²) in [6, 6.07) is 16.3. The van der Waals surface area contributed by atoms with E-state index in [1.54, 1.807) is 0 Å². The summed E-state index contributed by atoms with van der Waals surface area (Å²) >= 11 is 0. The number of nitrogens with one attached hydrogen (secondary N) is 1. The van der Waals surface area contributed by atoms with Crippen molar-refractivity contribution in [3.05, 3.63) is 59.7 Å². The first-order valence-electron chi connectivity index (χ1n) is 11.6. The number of ether oxygens (including phenoxy) is 1. The predicted molar refractivity (Wildman–Crippen MR) is 125 cm³/mol. The Balaban J connectivity index is 1.38. The second-order valence-corrected chi connectivity index (χ2v) is 8.99. The molecule has 0 unspecified atom stereocenters. The van der Waals surface area contributed by atoms with Crippen molar-refractivity contribution in [3.63, 3.8) is 0 Å². The maximum atomic E-state index is 13.1. The highest BCUT2D eigenvalue weighted by molar-refractivity contribution is 5.83. The molecule has 2 aliphatic carbocycles. The van der Waals surface area contributed by atoms with Crippen molar-refractivity contribution in [2.45, 2.75) is 38.0 Å². The third-order valence-electron chi connectivity index (χ3n) is 6.85. The maximum Gasteiger partial charge on any atom is 0.407 e. The monoisotopic (exact) mass is 466 g/mol. The molecule has 0 spiro atoms. The summed E-state index contributed by atoms with van der Waals surface area (Å²) in [5.74, 6) is -1.53. The lowest BCUT2D eigenvalue weighted by atomic mass is 9.73. The van der Waals surface area contributed by atoms with E-state index < -0.39 is 24.1 Å². The highest BCUT2D eigenvalue weighted by Crippen LogP contribution is 2.44. The van der Waals surface area contributed by atoms with E-state index in [0.29, 0.717) is 12.8 Å². The van der Waals surface area contributed by atoms with Gasteiger partial charge in [0.15, 0.2) is 6.61 Å². The quantitative estimate of drug-likeness (QED) is 0.571. The Hall–Kier alpha value is -3.39. The number of carbonyl (C=O) groups excluding carboxylic acids is 2. The van der Waals surface area contributed by atoms with Crippen LogP contribution in [0.25, 0.3) is 11.1 Å². The lowest BCUT2D eigenvalue weighted by Crippen LogP contribution is -2.50. The van der Waals surface area contributed by atoms with E-state index in [4.69, 9.17) is 14.7 Å². The van der Waals surface area contributed by atoms with Crippen LogP contribution in [0.4, 0.5) is 4.79 Å². The number of rotatable bonds is 8. The van der Waals surface area contributed by atoms with Crippen molar-refractivity contribution >= 4 is 18.0 Å². The predicted octanol–water partition coefficient (Wildman–Crippen LogP) is 3.95. The third-order valence-corrected chi connectivity index (χ3v) is 6.85. The molecule has 0 radical (unpaired) electrons. The van der Waals surface area contributed by atoms with Gasteiger partial charge in [0.05, 0.1) is 5.41 Å². The van der Waals surface area contributed by atoms with Gasteiger partial charge in [0.1, 0.15) is 6.61 Å². The summed E-state index contributed by atoms with van der Waals surface area (Å²) < 4.78 is 5.61. The number of carboxylic acids is 1. The van der Waals surface area contributed by atoms with Crippen molar-refractivity contribution in [3.8, 4) is 11.1 Å². The van der Waals surface area contributed by atoms with Crippen molar-refractivity contribution < 1.29 is 29.1 Å². The highest BCUT2D eigenvalue weighted by atomic mass is 16.7. The fourth-order valence-electron chi connectivity index (χ4n) is 5.13. The van der Waals surface area contributed by atoms with E-state index in [0.717, 1.165) is 46.6 Å². The lowest BCUT2D eigenvalue weighted by Gasteiger charge is -2.38. The number of amides is 2. The Morgan fingerprint density at radius 3 is 2.18 bits per heavy atom. The van der Waals surface area contributed by atoms with Crippen LogP contribution in [0.2, 0.25) is 0 Å². The van der Waals surface area contributed by atoms with Gasteiger partial charge in [-0.25, -0.2) is 14.7 Å². The van der Waals surface area contributed by atoms with E-state index in [2.05, 4.69) is 29.6 Å². The van der Waals surface area contributed by atoms with Gasteiger partial charge >= 0.3 is 12.1 Å². The second kappa shape index (κ2) is 10.3. The number of aliphatic carboxylic acids is 1. The average molecular weight is 467 g/mol. The number of hydrogen-bond acceptors (Lipinski definition) is 5. The van der Waals surface area contributed by atoms with E-state index in [9.17, 15) is 14.4 Å². The van der Waals surface area contributed by atoms with Crippen molar-refractivity contribution in [2.24, 2.45) is 5.41 Å².